The van der Waals surface area contributed by atoms with Gasteiger partial charge in [-0.2, -0.15) is 0 Å². The van der Waals surface area contributed by atoms with Crippen molar-refractivity contribution in [1.29, 1.82) is 0 Å². The molecule has 0 aliphatic carbocycles. The monoisotopic (exact) mass is 274 g/mol. The van der Waals surface area contributed by atoms with Gasteiger partial charge >= 0.3 is 0 Å². The van der Waals surface area contributed by atoms with E-state index in [1.54, 1.807) is 0 Å². The van der Waals surface area contributed by atoms with Crippen LogP contribution in [-0.2, 0) is 6.42 Å². The lowest BCUT2D eigenvalue weighted by Crippen LogP contribution is -2.14. The molecular formula is C13H11BrN2. The summed E-state index contributed by atoms with van der Waals surface area (Å²) in [6, 6.07) is 14.5. The van der Waals surface area contributed by atoms with Crippen molar-refractivity contribution in [3.05, 3.63) is 52.6 Å². The second kappa shape index (κ2) is 3.91. The summed E-state index contributed by atoms with van der Waals surface area (Å²) in [5.74, 6) is 1.01. The highest BCUT2D eigenvalue weighted by Crippen LogP contribution is 2.33. The average Bonchev–Trinajstić information content (AvgIpc) is 2.72. The fraction of sp³-hybridized carbons (Fsp3) is 0.154. The van der Waals surface area contributed by atoms with E-state index >= 15 is 0 Å². The minimum Gasteiger partial charge on any atom is -0.326 e. The molecule has 3 rings (SSSR count). The van der Waals surface area contributed by atoms with E-state index in [0.29, 0.717) is 0 Å². The molecule has 1 aromatic heterocycles. The van der Waals surface area contributed by atoms with Crippen LogP contribution in [0, 0.1) is 0 Å². The molecule has 1 aromatic carbocycles. The number of anilines is 2. The molecule has 2 aromatic rings. The number of para-hydroxylation sites is 1. The van der Waals surface area contributed by atoms with Gasteiger partial charge in [0.05, 0.1) is 0 Å². The molecule has 2 nitrogen and oxygen atoms in total. The second-order valence-corrected chi connectivity index (χ2v) is 4.66. The molecule has 0 fully saturated rings. The number of hydrogen-bond acceptors (Lipinski definition) is 2. The first-order valence-corrected chi connectivity index (χ1v) is 6.12. The first-order chi connectivity index (χ1) is 7.84. The van der Waals surface area contributed by atoms with E-state index in [1.807, 2.05) is 18.2 Å². The molecule has 1 aliphatic heterocycles. The van der Waals surface area contributed by atoms with Gasteiger partial charge in [-0.1, -0.05) is 24.3 Å². The van der Waals surface area contributed by atoms with Gasteiger partial charge in [0.1, 0.15) is 10.4 Å². The van der Waals surface area contributed by atoms with Crippen molar-refractivity contribution in [1.82, 2.24) is 4.98 Å². The van der Waals surface area contributed by atoms with Gasteiger partial charge in [0.2, 0.25) is 0 Å². The second-order valence-electron chi connectivity index (χ2n) is 3.85. The Bertz CT molecular complexity index is 525. The van der Waals surface area contributed by atoms with Crippen LogP contribution in [0.4, 0.5) is 11.5 Å². The van der Waals surface area contributed by atoms with Gasteiger partial charge in [-0.15, -0.1) is 0 Å². The maximum atomic E-state index is 4.50. The summed E-state index contributed by atoms with van der Waals surface area (Å²) in [6.07, 6.45) is 1.10. The summed E-state index contributed by atoms with van der Waals surface area (Å²) in [4.78, 5) is 6.76. The number of aromatic nitrogens is 1. The maximum absolute atomic E-state index is 4.50. The summed E-state index contributed by atoms with van der Waals surface area (Å²) in [6.45, 7) is 1.02. The van der Waals surface area contributed by atoms with Gasteiger partial charge in [-0.25, -0.2) is 4.98 Å². The first-order valence-electron chi connectivity index (χ1n) is 5.32. The van der Waals surface area contributed by atoms with Crippen molar-refractivity contribution >= 4 is 27.4 Å². The molecular weight excluding hydrogens is 264 g/mol. The Kier molecular flexibility index (Phi) is 2.40. The first kappa shape index (κ1) is 9.85. The Morgan fingerprint density at radius 2 is 1.94 bits per heavy atom. The number of nitrogens with zero attached hydrogens (tertiary/aromatic N) is 2. The molecule has 0 bridgehead atoms. The summed E-state index contributed by atoms with van der Waals surface area (Å²) in [5, 5.41) is 0. The van der Waals surface area contributed by atoms with Crippen LogP contribution in [0.3, 0.4) is 0 Å². The molecule has 0 saturated carbocycles. The Morgan fingerprint density at radius 3 is 2.81 bits per heavy atom. The fourth-order valence-corrected chi connectivity index (χ4v) is 2.46. The third-order valence-electron chi connectivity index (χ3n) is 2.86. The van der Waals surface area contributed by atoms with E-state index in [2.05, 4.69) is 50.1 Å². The summed E-state index contributed by atoms with van der Waals surface area (Å²) in [5.41, 5.74) is 2.69. The topological polar surface area (TPSA) is 16.1 Å². The Labute approximate surface area is 103 Å². The molecule has 0 N–H and O–H groups in total. The molecule has 80 valence electrons. The van der Waals surface area contributed by atoms with Crippen LogP contribution in [0.15, 0.2) is 47.1 Å². The molecule has 0 radical (unpaired) electrons. The standard InChI is InChI=1S/C13H11BrN2/c14-12-6-3-7-13(15-12)16-9-8-10-4-1-2-5-11(10)16/h1-7H,8-9H2. The Morgan fingerprint density at radius 1 is 1.06 bits per heavy atom. The normalized spacial score (nSPS) is 13.9. The van der Waals surface area contributed by atoms with Gasteiger partial charge in [-0.3, -0.25) is 0 Å². The lowest BCUT2D eigenvalue weighted by atomic mass is 10.2. The molecule has 2 heterocycles. The van der Waals surface area contributed by atoms with E-state index in [4.69, 9.17) is 0 Å². The number of rotatable bonds is 1. The number of halogens is 1. The number of pyridine rings is 1. The van der Waals surface area contributed by atoms with Crippen LogP contribution in [0.25, 0.3) is 0 Å². The molecule has 0 spiro atoms. The van der Waals surface area contributed by atoms with Crippen molar-refractivity contribution in [2.24, 2.45) is 0 Å². The Hall–Kier alpha value is -1.35. The van der Waals surface area contributed by atoms with E-state index in [9.17, 15) is 0 Å². The van der Waals surface area contributed by atoms with E-state index in [1.165, 1.54) is 11.3 Å². The van der Waals surface area contributed by atoms with Crippen LogP contribution in [0.5, 0.6) is 0 Å². The molecule has 0 amide bonds. The number of benzene rings is 1. The minimum absolute atomic E-state index is 0.884. The van der Waals surface area contributed by atoms with Crippen molar-refractivity contribution in [2.45, 2.75) is 6.42 Å². The molecule has 0 unspecified atom stereocenters. The van der Waals surface area contributed by atoms with E-state index < -0.39 is 0 Å². The van der Waals surface area contributed by atoms with Crippen LogP contribution < -0.4 is 4.90 Å². The smallest absolute Gasteiger partial charge is 0.134 e. The quantitative estimate of drug-likeness (QED) is 0.740. The lowest BCUT2D eigenvalue weighted by molar-refractivity contribution is 0.971. The van der Waals surface area contributed by atoms with Crippen molar-refractivity contribution < 1.29 is 0 Å². The molecule has 0 atom stereocenters. The number of hydrogen-bond donors (Lipinski definition) is 0. The molecule has 3 heteroatoms. The zero-order valence-electron chi connectivity index (χ0n) is 8.73. The van der Waals surface area contributed by atoms with Crippen molar-refractivity contribution in [3.8, 4) is 0 Å². The summed E-state index contributed by atoms with van der Waals surface area (Å²) < 4.78 is 0.884. The predicted molar refractivity (Wildman–Crippen MR) is 69.1 cm³/mol. The third kappa shape index (κ3) is 1.61. The largest absolute Gasteiger partial charge is 0.326 e. The zero-order chi connectivity index (χ0) is 11.0. The fourth-order valence-electron chi connectivity index (χ4n) is 2.12. The van der Waals surface area contributed by atoms with Gasteiger partial charge in [0, 0.05) is 12.2 Å². The van der Waals surface area contributed by atoms with Crippen LogP contribution >= 0.6 is 15.9 Å². The van der Waals surface area contributed by atoms with Gasteiger partial charge in [0.15, 0.2) is 0 Å². The van der Waals surface area contributed by atoms with Crippen molar-refractivity contribution in [3.63, 3.8) is 0 Å². The Balaban J connectivity index is 2.05. The highest BCUT2D eigenvalue weighted by atomic mass is 79.9. The number of fused-ring (bicyclic) bond motifs is 1. The average molecular weight is 275 g/mol. The lowest BCUT2D eigenvalue weighted by Gasteiger charge is -2.18. The van der Waals surface area contributed by atoms with Crippen LogP contribution in [0.1, 0.15) is 5.56 Å². The van der Waals surface area contributed by atoms with Gasteiger partial charge in [0.25, 0.3) is 0 Å². The summed E-state index contributed by atoms with van der Waals surface area (Å²) >= 11 is 3.41. The minimum atomic E-state index is 0.884. The molecule has 1 aliphatic rings. The van der Waals surface area contributed by atoms with Gasteiger partial charge < -0.3 is 4.90 Å². The summed E-state index contributed by atoms with van der Waals surface area (Å²) in [7, 11) is 0. The van der Waals surface area contributed by atoms with E-state index in [0.717, 1.165) is 23.4 Å². The predicted octanol–water partition coefficient (Wildman–Crippen LogP) is 3.54. The van der Waals surface area contributed by atoms with Crippen molar-refractivity contribution in [2.75, 3.05) is 11.4 Å². The molecule has 0 saturated heterocycles. The highest BCUT2D eigenvalue weighted by molar-refractivity contribution is 9.10. The van der Waals surface area contributed by atoms with E-state index in [-0.39, 0.29) is 0 Å². The van der Waals surface area contributed by atoms with Gasteiger partial charge in [-0.05, 0) is 46.1 Å². The highest BCUT2D eigenvalue weighted by Gasteiger charge is 2.20. The zero-order valence-corrected chi connectivity index (χ0v) is 10.3. The van der Waals surface area contributed by atoms with Crippen LogP contribution in [0.2, 0.25) is 0 Å². The van der Waals surface area contributed by atoms with Crippen LogP contribution in [-0.4, -0.2) is 11.5 Å². The maximum Gasteiger partial charge on any atom is 0.134 e. The SMILES string of the molecule is Brc1cccc(N2CCc3ccccc32)n1. The third-order valence-corrected chi connectivity index (χ3v) is 3.31. The molecule has 16 heavy (non-hydrogen) atoms.